The first-order chi connectivity index (χ1) is 11.0. The van der Waals surface area contributed by atoms with Crippen molar-refractivity contribution in [1.29, 1.82) is 0 Å². The molecule has 2 aromatic rings. The summed E-state index contributed by atoms with van der Waals surface area (Å²) in [4.78, 5) is 18.2. The van der Waals surface area contributed by atoms with Crippen molar-refractivity contribution in [2.24, 2.45) is 0 Å². The maximum atomic E-state index is 12.3. The number of hydrogen-bond acceptors (Lipinski definition) is 4. The van der Waals surface area contributed by atoms with E-state index in [1.54, 1.807) is 11.0 Å². The van der Waals surface area contributed by atoms with Crippen LogP contribution in [0.2, 0.25) is 0 Å². The summed E-state index contributed by atoms with van der Waals surface area (Å²) >= 11 is 0. The zero-order chi connectivity index (χ0) is 16.8. The van der Waals surface area contributed by atoms with Gasteiger partial charge in [-0.2, -0.15) is 5.10 Å². The van der Waals surface area contributed by atoms with E-state index in [-0.39, 0.29) is 5.91 Å². The standard InChI is InChI=1S/C17H25N5O/c1-13(2)15-7-5-6-14(3)17(15)20-16(23)10-21(4)8-9-22-12-18-11-19-22/h5-7,11-13H,8-10H2,1-4H3,(H,20,23). The summed E-state index contributed by atoms with van der Waals surface area (Å²) in [5, 5.41) is 7.12. The van der Waals surface area contributed by atoms with Crippen LogP contribution in [0.3, 0.4) is 0 Å². The molecule has 23 heavy (non-hydrogen) atoms. The van der Waals surface area contributed by atoms with Crippen molar-refractivity contribution in [2.75, 3.05) is 25.5 Å². The monoisotopic (exact) mass is 315 g/mol. The highest BCUT2D eigenvalue weighted by Crippen LogP contribution is 2.27. The smallest absolute Gasteiger partial charge is 0.238 e. The number of aromatic nitrogens is 3. The molecule has 1 amide bonds. The number of likely N-dealkylation sites (N-methyl/N-ethyl adjacent to an activating group) is 1. The summed E-state index contributed by atoms with van der Waals surface area (Å²) in [5.74, 6) is 0.373. The number of rotatable bonds is 7. The van der Waals surface area contributed by atoms with Crippen LogP contribution in [0.15, 0.2) is 30.9 Å². The Hall–Kier alpha value is -2.21. The van der Waals surface area contributed by atoms with Crippen molar-refractivity contribution < 1.29 is 4.79 Å². The minimum atomic E-state index is 0.00212. The predicted molar refractivity (Wildman–Crippen MR) is 91.4 cm³/mol. The largest absolute Gasteiger partial charge is 0.324 e. The molecule has 0 aliphatic rings. The lowest BCUT2D eigenvalue weighted by Crippen LogP contribution is -2.33. The Labute approximate surface area is 137 Å². The van der Waals surface area contributed by atoms with E-state index in [0.717, 1.165) is 17.8 Å². The zero-order valence-corrected chi connectivity index (χ0v) is 14.3. The van der Waals surface area contributed by atoms with Gasteiger partial charge in [-0.05, 0) is 31.0 Å². The molecule has 6 heteroatoms. The van der Waals surface area contributed by atoms with Gasteiger partial charge in [0.1, 0.15) is 12.7 Å². The highest BCUT2D eigenvalue weighted by Gasteiger charge is 2.13. The lowest BCUT2D eigenvalue weighted by atomic mass is 9.98. The fourth-order valence-corrected chi connectivity index (χ4v) is 2.47. The molecule has 0 saturated carbocycles. The van der Waals surface area contributed by atoms with E-state index in [4.69, 9.17) is 0 Å². The molecule has 0 aliphatic carbocycles. The fraction of sp³-hybridized carbons (Fsp3) is 0.471. The van der Waals surface area contributed by atoms with Gasteiger partial charge in [-0.15, -0.1) is 0 Å². The second-order valence-corrected chi connectivity index (χ2v) is 6.14. The minimum Gasteiger partial charge on any atom is -0.324 e. The molecule has 0 radical (unpaired) electrons. The molecule has 1 N–H and O–H groups in total. The van der Waals surface area contributed by atoms with Crippen LogP contribution in [0.25, 0.3) is 0 Å². The first-order valence-electron chi connectivity index (χ1n) is 7.87. The maximum Gasteiger partial charge on any atom is 0.238 e. The highest BCUT2D eigenvalue weighted by atomic mass is 16.2. The highest BCUT2D eigenvalue weighted by molar-refractivity contribution is 5.93. The molecule has 0 saturated heterocycles. The van der Waals surface area contributed by atoms with Crippen molar-refractivity contribution in [3.63, 3.8) is 0 Å². The molecule has 6 nitrogen and oxygen atoms in total. The molecule has 0 fully saturated rings. The number of hydrogen-bond donors (Lipinski definition) is 1. The molecule has 0 spiro atoms. The van der Waals surface area contributed by atoms with Crippen molar-refractivity contribution in [2.45, 2.75) is 33.2 Å². The van der Waals surface area contributed by atoms with Gasteiger partial charge in [-0.3, -0.25) is 14.4 Å². The number of aryl methyl sites for hydroxylation is 1. The molecule has 0 unspecified atom stereocenters. The second kappa shape index (κ2) is 7.87. The lowest BCUT2D eigenvalue weighted by molar-refractivity contribution is -0.117. The fourth-order valence-electron chi connectivity index (χ4n) is 2.47. The van der Waals surface area contributed by atoms with Crippen LogP contribution in [0, 0.1) is 6.92 Å². The Kier molecular flexibility index (Phi) is 5.87. The third-order valence-corrected chi connectivity index (χ3v) is 3.78. The SMILES string of the molecule is Cc1cccc(C(C)C)c1NC(=O)CN(C)CCn1cncn1. The van der Waals surface area contributed by atoms with E-state index in [1.807, 2.05) is 31.0 Å². The minimum absolute atomic E-state index is 0.00212. The van der Waals surface area contributed by atoms with Gasteiger partial charge >= 0.3 is 0 Å². The van der Waals surface area contributed by atoms with Crippen molar-refractivity contribution in [1.82, 2.24) is 19.7 Å². The van der Waals surface area contributed by atoms with Gasteiger partial charge in [0, 0.05) is 12.2 Å². The second-order valence-electron chi connectivity index (χ2n) is 6.14. The van der Waals surface area contributed by atoms with E-state index in [2.05, 4.69) is 35.3 Å². The van der Waals surface area contributed by atoms with Crippen LogP contribution in [0.4, 0.5) is 5.69 Å². The molecule has 0 bridgehead atoms. The van der Waals surface area contributed by atoms with Crippen LogP contribution in [-0.4, -0.2) is 45.7 Å². The molecular formula is C17H25N5O. The van der Waals surface area contributed by atoms with Crippen LogP contribution in [0.1, 0.15) is 30.9 Å². The van der Waals surface area contributed by atoms with E-state index in [9.17, 15) is 4.79 Å². The number of benzene rings is 1. The summed E-state index contributed by atoms with van der Waals surface area (Å²) < 4.78 is 1.76. The quantitative estimate of drug-likeness (QED) is 0.851. The maximum absolute atomic E-state index is 12.3. The molecule has 1 aromatic carbocycles. The summed E-state index contributed by atoms with van der Waals surface area (Å²) in [6.07, 6.45) is 3.19. The Morgan fingerprint density at radius 2 is 2.17 bits per heavy atom. The Morgan fingerprint density at radius 1 is 1.39 bits per heavy atom. The summed E-state index contributed by atoms with van der Waals surface area (Å²) in [6, 6.07) is 6.13. The van der Waals surface area contributed by atoms with Crippen LogP contribution in [-0.2, 0) is 11.3 Å². The number of nitrogens with zero attached hydrogens (tertiary/aromatic N) is 4. The average Bonchev–Trinajstić information content (AvgIpc) is 3.00. The molecule has 1 aromatic heterocycles. The lowest BCUT2D eigenvalue weighted by Gasteiger charge is -2.19. The van der Waals surface area contributed by atoms with Gasteiger partial charge in [0.25, 0.3) is 0 Å². The van der Waals surface area contributed by atoms with E-state index in [1.165, 1.54) is 11.9 Å². The zero-order valence-electron chi connectivity index (χ0n) is 14.3. The number of amides is 1. The number of carbonyl (C=O) groups is 1. The van der Waals surface area contributed by atoms with Gasteiger partial charge in [-0.25, -0.2) is 4.98 Å². The summed E-state index contributed by atoms with van der Waals surface area (Å²) in [7, 11) is 1.93. The van der Waals surface area contributed by atoms with Crippen molar-refractivity contribution in [3.8, 4) is 0 Å². The van der Waals surface area contributed by atoms with Gasteiger partial charge < -0.3 is 5.32 Å². The third kappa shape index (κ3) is 4.89. The molecule has 2 rings (SSSR count). The normalized spacial score (nSPS) is 11.2. The van der Waals surface area contributed by atoms with Gasteiger partial charge in [0.15, 0.2) is 0 Å². The van der Waals surface area contributed by atoms with Crippen LogP contribution in [0.5, 0.6) is 0 Å². The number of anilines is 1. The third-order valence-electron chi connectivity index (χ3n) is 3.78. The Morgan fingerprint density at radius 3 is 2.83 bits per heavy atom. The van der Waals surface area contributed by atoms with E-state index in [0.29, 0.717) is 19.0 Å². The average molecular weight is 315 g/mol. The molecule has 124 valence electrons. The van der Waals surface area contributed by atoms with Gasteiger partial charge in [0.2, 0.25) is 5.91 Å². The van der Waals surface area contributed by atoms with Crippen molar-refractivity contribution in [3.05, 3.63) is 42.0 Å². The summed E-state index contributed by atoms with van der Waals surface area (Å²) in [6.45, 7) is 8.09. The number of para-hydroxylation sites is 1. The topological polar surface area (TPSA) is 63.1 Å². The predicted octanol–water partition coefficient (Wildman–Crippen LogP) is 2.28. The van der Waals surface area contributed by atoms with E-state index < -0.39 is 0 Å². The molecule has 0 atom stereocenters. The number of carbonyl (C=O) groups excluding carboxylic acids is 1. The Balaban J connectivity index is 1.92. The van der Waals surface area contributed by atoms with Crippen LogP contribution < -0.4 is 5.32 Å². The number of nitrogens with one attached hydrogen (secondary N) is 1. The molecule has 0 aliphatic heterocycles. The molecular weight excluding hydrogens is 290 g/mol. The van der Waals surface area contributed by atoms with Gasteiger partial charge in [0.05, 0.1) is 13.1 Å². The summed E-state index contributed by atoms with van der Waals surface area (Å²) in [5.41, 5.74) is 3.20. The molecule has 1 heterocycles. The first kappa shape index (κ1) is 17.1. The van der Waals surface area contributed by atoms with E-state index >= 15 is 0 Å². The Bertz CT molecular complexity index is 636. The van der Waals surface area contributed by atoms with Crippen molar-refractivity contribution >= 4 is 11.6 Å². The van der Waals surface area contributed by atoms with Crippen LogP contribution >= 0.6 is 0 Å². The first-order valence-corrected chi connectivity index (χ1v) is 7.87. The van der Waals surface area contributed by atoms with Gasteiger partial charge in [-0.1, -0.05) is 32.0 Å².